The fourth-order valence-electron chi connectivity index (χ4n) is 1.59. The molecule has 5 N–H and O–H groups in total. The molecular weight excluding hydrogens is 240 g/mol. The summed E-state index contributed by atoms with van der Waals surface area (Å²) in [6, 6.07) is 0. The van der Waals surface area contributed by atoms with Gasteiger partial charge in [-0.25, -0.2) is 0 Å². The zero-order chi connectivity index (χ0) is 14.1. The molecule has 0 aliphatic rings. The molecule has 6 heteroatoms. The Balaban J connectivity index is 4.11. The van der Waals surface area contributed by atoms with Crippen LogP contribution in [-0.4, -0.2) is 62.3 Å². The van der Waals surface area contributed by atoms with E-state index in [4.69, 9.17) is 10.2 Å². The molecule has 108 valence electrons. The lowest BCUT2D eigenvalue weighted by Gasteiger charge is -2.24. The van der Waals surface area contributed by atoms with Crippen LogP contribution in [0, 0.1) is 0 Å². The number of hydrogen-bond donors (Lipinski definition) is 5. The molecule has 0 spiro atoms. The Morgan fingerprint density at radius 2 is 1.61 bits per heavy atom. The Morgan fingerprint density at radius 3 is 2.11 bits per heavy atom. The summed E-state index contributed by atoms with van der Waals surface area (Å²) in [5.74, 6) is -0.567. The first kappa shape index (κ1) is 17.5. The van der Waals surface area contributed by atoms with Crippen molar-refractivity contribution in [2.45, 2.75) is 63.4 Å². The summed E-state index contributed by atoms with van der Waals surface area (Å²) in [4.78, 5) is 11.5. The maximum absolute atomic E-state index is 11.5. The second-order valence-corrected chi connectivity index (χ2v) is 4.45. The molecule has 0 bridgehead atoms. The molecule has 4 atom stereocenters. The Morgan fingerprint density at radius 1 is 1.00 bits per heavy atom. The normalized spacial score (nSPS) is 18.1. The van der Waals surface area contributed by atoms with Gasteiger partial charge in [-0.15, -0.1) is 0 Å². The third-order valence-electron chi connectivity index (χ3n) is 2.86. The highest BCUT2D eigenvalue weighted by Gasteiger charge is 2.33. The summed E-state index contributed by atoms with van der Waals surface area (Å²) < 4.78 is 0. The summed E-state index contributed by atoms with van der Waals surface area (Å²) in [5.41, 5.74) is 0. The first-order chi connectivity index (χ1) is 8.45. The monoisotopic (exact) mass is 264 g/mol. The van der Waals surface area contributed by atoms with Gasteiger partial charge in [0.05, 0.1) is 6.61 Å². The van der Waals surface area contributed by atoms with E-state index in [9.17, 15) is 20.1 Å². The molecule has 0 rings (SSSR count). The van der Waals surface area contributed by atoms with Crippen molar-refractivity contribution < 1.29 is 30.3 Å². The summed E-state index contributed by atoms with van der Waals surface area (Å²) in [7, 11) is 0. The lowest BCUT2D eigenvalue weighted by atomic mass is 9.97. The Hall–Kier alpha value is -0.530. The van der Waals surface area contributed by atoms with Crippen molar-refractivity contribution in [3.05, 3.63) is 0 Å². The minimum atomic E-state index is -1.79. The third kappa shape index (κ3) is 5.88. The van der Waals surface area contributed by atoms with E-state index in [1.54, 1.807) is 0 Å². The first-order valence-electron chi connectivity index (χ1n) is 6.31. The van der Waals surface area contributed by atoms with E-state index in [2.05, 4.69) is 0 Å². The highest BCUT2D eigenvalue weighted by atomic mass is 16.4. The molecule has 18 heavy (non-hydrogen) atoms. The van der Waals surface area contributed by atoms with Gasteiger partial charge in [-0.1, -0.05) is 26.2 Å². The summed E-state index contributed by atoms with van der Waals surface area (Å²) >= 11 is 0. The molecule has 0 heterocycles. The van der Waals surface area contributed by atoms with Crippen LogP contribution in [0.15, 0.2) is 0 Å². The zero-order valence-corrected chi connectivity index (χ0v) is 10.7. The van der Waals surface area contributed by atoms with Gasteiger partial charge in [0.2, 0.25) is 0 Å². The highest BCUT2D eigenvalue weighted by Crippen LogP contribution is 2.10. The average molecular weight is 264 g/mol. The number of carbonyl (C=O) groups is 1. The lowest BCUT2D eigenvalue weighted by molar-refractivity contribution is -0.147. The number of unbranched alkanes of at least 4 members (excludes halogenated alkanes) is 3. The number of rotatable bonds is 10. The van der Waals surface area contributed by atoms with E-state index >= 15 is 0 Å². The predicted octanol–water partition coefficient (Wildman–Crippen LogP) is -1.04. The highest BCUT2D eigenvalue weighted by molar-refractivity contribution is 5.83. The van der Waals surface area contributed by atoms with Gasteiger partial charge in [-0.3, -0.25) is 4.79 Å². The van der Waals surface area contributed by atoms with Crippen molar-refractivity contribution in [2.24, 2.45) is 0 Å². The Bertz CT molecular complexity index is 233. The van der Waals surface area contributed by atoms with Crippen molar-refractivity contribution in [2.75, 3.05) is 6.61 Å². The molecule has 0 aliphatic carbocycles. The molecule has 0 aromatic heterocycles. The van der Waals surface area contributed by atoms with Crippen LogP contribution in [0.1, 0.15) is 39.0 Å². The van der Waals surface area contributed by atoms with Crippen molar-refractivity contribution in [1.29, 1.82) is 0 Å². The van der Waals surface area contributed by atoms with Gasteiger partial charge in [0.1, 0.15) is 24.4 Å². The molecule has 0 aliphatic heterocycles. The summed E-state index contributed by atoms with van der Waals surface area (Å²) in [5, 5.41) is 46.0. The number of aliphatic hydroxyl groups is 5. The fourth-order valence-corrected chi connectivity index (χ4v) is 1.59. The van der Waals surface area contributed by atoms with E-state index < -0.39 is 36.8 Å². The Kier molecular flexibility index (Phi) is 9.13. The van der Waals surface area contributed by atoms with Gasteiger partial charge < -0.3 is 25.5 Å². The minimum absolute atomic E-state index is 0.125. The second-order valence-electron chi connectivity index (χ2n) is 4.45. The van der Waals surface area contributed by atoms with Crippen molar-refractivity contribution >= 4 is 5.78 Å². The van der Waals surface area contributed by atoms with Crippen LogP contribution in [0.4, 0.5) is 0 Å². The van der Waals surface area contributed by atoms with Crippen LogP contribution in [0.25, 0.3) is 0 Å². The van der Waals surface area contributed by atoms with Gasteiger partial charge in [-0.05, 0) is 6.42 Å². The topological polar surface area (TPSA) is 118 Å². The van der Waals surface area contributed by atoms with Crippen LogP contribution in [0.3, 0.4) is 0 Å². The quantitative estimate of drug-likeness (QED) is 0.322. The van der Waals surface area contributed by atoms with E-state index in [0.29, 0.717) is 6.42 Å². The van der Waals surface area contributed by atoms with Crippen LogP contribution in [0.2, 0.25) is 0 Å². The van der Waals surface area contributed by atoms with Crippen molar-refractivity contribution in [1.82, 2.24) is 0 Å². The average Bonchev–Trinajstić information content (AvgIpc) is 2.39. The van der Waals surface area contributed by atoms with Crippen LogP contribution >= 0.6 is 0 Å². The molecule has 4 unspecified atom stereocenters. The molecule has 0 radical (unpaired) electrons. The first-order valence-corrected chi connectivity index (χ1v) is 6.31. The molecule has 0 aromatic carbocycles. The molecular formula is C12H24O6. The minimum Gasteiger partial charge on any atom is -0.394 e. The van der Waals surface area contributed by atoms with Gasteiger partial charge >= 0.3 is 0 Å². The lowest BCUT2D eigenvalue weighted by Crippen LogP contribution is -2.48. The largest absolute Gasteiger partial charge is 0.394 e. The molecule has 0 saturated carbocycles. The number of hydrogen-bond acceptors (Lipinski definition) is 6. The fraction of sp³-hybridized carbons (Fsp3) is 0.917. The zero-order valence-electron chi connectivity index (χ0n) is 10.7. The maximum Gasteiger partial charge on any atom is 0.164 e. The number of carbonyl (C=O) groups excluding carboxylic acids is 1. The standard InChI is InChI=1S/C12H24O6/c1-2-3-4-5-6-8(14)10(16)12(18)11(17)9(15)7-13/h9-13,15-18H,2-7H2,1H3. The van der Waals surface area contributed by atoms with E-state index in [1.807, 2.05) is 6.92 Å². The predicted molar refractivity (Wildman–Crippen MR) is 64.9 cm³/mol. The van der Waals surface area contributed by atoms with Gasteiger partial charge in [0.25, 0.3) is 0 Å². The molecule has 0 amide bonds. The molecule has 0 fully saturated rings. The summed E-state index contributed by atoms with van der Waals surface area (Å²) in [6.07, 6.45) is -3.21. The third-order valence-corrected chi connectivity index (χ3v) is 2.86. The number of aliphatic hydroxyl groups excluding tert-OH is 5. The summed E-state index contributed by atoms with van der Waals surface area (Å²) in [6.45, 7) is 1.28. The molecule has 0 aromatic rings. The van der Waals surface area contributed by atoms with Crippen LogP contribution in [-0.2, 0) is 4.79 Å². The second kappa shape index (κ2) is 9.41. The smallest absolute Gasteiger partial charge is 0.164 e. The van der Waals surface area contributed by atoms with Crippen molar-refractivity contribution in [3.63, 3.8) is 0 Å². The van der Waals surface area contributed by atoms with Gasteiger partial charge in [-0.2, -0.15) is 0 Å². The molecule has 6 nitrogen and oxygen atoms in total. The van der Waals surface area contributed by atoms with Gasteiger partial charge in [0.15, 0.2) is 5.78 Å². The van der Waals surface area contributed by atoms with E-state index in [1.165, 1.54) is 0 Å². The van der Waals surface area contributed by atoms with Crippen LogP contribution in [0.5, 0.6) is 0 Å². The SMILES string of the molecule is CCCCCCC(=O)C(O)C(O)C(O)C(O)CO. The number of ketones is 1. The van der Waals surface area contributed by atoms with Crippen LogP contribution < -0.4 is 0 Å². The Labute approximate surface area is 107 Å². The molecule has 0 saturated heterocycles. The van der Waals surface area contributed by atoms with Gasteiger partial charge in [0, 0.05) is 6.42 Å². The van der Waals surface area contributed by atoms with E-state index in [-0.39, 0.29) is 6.42 Å². The maximum atomic E-state index is 11.5. The van der Waals surface area contributed by atoms with E-state index in [0.717, 1.165) is 19.3 Å². The number of Topliss-reactive ketones (excluding diaryl/α,β-unsaturated/α-hetero) is 1. The van der Waals surface area contributed by atoms with Crippen molar-refractivity contribution in [3.8, 4) is 0 Å².